The minimum Gasteiger partial charge on any atom is -0.408 e. The molecule has 1 N–H and O–H groups in total. The van der Waals surface area contributed by atoms with Gasteiger partial charge in [0.2, 0.25) is 0 Å². The minimum atomic E-state index is -0.192. The summed E-state index contributed by atoms with van der Waals surface area (Å²) in [4.78, 5) is 31.1. The molecule has 0 aromatic heterocycles. The van der Waals surface area contributed by atoms with E-state index in [0.29, 0.717) is 34.5 Å². The fourth-order valence-corrected chi connectivity index (χ4v) is 2.99. The predicted octanol–water partition coefficient (Wildman–Crippen LogP) is 3.55. The van der Waals surface area contributed by atoms with Gasteiger partial charge in [0.25, 0.3) is 0 Å². The smallest absolute Gasteiger partial charge is 0.198 e. The first-order chi connectivity index (χ1) is 12.3. The molecule has 1 aliphatic carbocycles. The lowest BCUT2D eigenvalue weighted by molar-refractivity contribution is 0.0971. The van der Waals surface area contributed by atoms with E-state index in [-0.39, 0.29) is 11.6 Å². The van der Waals surface area contributed by atoms with Crippen molar-refractivity contribution in [1.29, 1.82) is 0 Å². The summed E-state index contributed by atoms with van der Waals surface area (Å²) in [5.41, 5.74) is 5.46. The van der Waals surface area contributed by atoms with E-state index in [4.69, 9.17) is 4.84 Å². The number of fused-ring (bicyclic) bond motifs is 2. The molecular weight excluding hydrogens is 314 g/mol. The van der Waals surface area contributed by atoms with E-state index in [1.165, 1.54) is 0 Å². The normalized spacial score (nSPS) is 12.5. The zero-order chi connectivity index (χ0) is 17.2. The van der Waals surface area contributed by atoms with E-state index in [1.54, 1.807) is 42.5 Å². The van der Waals surface area contributed by atoms with Crippen molar-refractivity contribution in [1.82, 2.24) is 5.48 Å². The van der Waals surface area contributed by atoms with Crippen LogP contribution in [0, 0.1) is 0 Å². The Bertz CT molecular complexity index is 964. The third kappa shape index (κ3) is 2.73. The predicted molar refractivity (Wildman–Crippen MR) is 93.7 cm³/mol. The zero-order valence-electron chi connectivity index (χ0n) is 13.4. The number of carbonyl (C=O) groups is 2. The number of ketones is 2. The molecule has 4 rings (SSSR count). The zero-order valence-corrected chi connectivity index (χ0v) is 13.4. The van der Waals surface area contributed by atoms with Gasteiger partial charge in [-0.25, -0.2) is 0 Å². The van der Waals surface area contributed by atoms with Crippen LogP contribution in [-0.2, 0) is 6.54 Å². The van der Waals surface area contributed by atoms with Crippen LogP contribution in [0.15, 0.2) is 72.8 Å². The third-order valence-electron chi connectivity index (χ3n) is 4.22. The van der Waals surface area contributed by atoms with Crippen LogP contribution in [0.2, 0.25) is 0 Å². The summed E-state index contributed by atoms with van der Waals surface area (Å²) in [6, 6.07) is 21.7. The highest BCUT2D eigenvalue weighted by atomic mass is 16.6. The molecule has 0 bridgehead atoms. The maximum atomic E-state index is 12.8. The number of carbonyl (C=O) groups excluding carboxylic acids is 2. The van der Waals surface area contributed by atoms with Crippen molar-refractivity contribution in [3.63, 3.8) is 0 Å². The maximum Gasteiger partial charge on any atom is 0.198 e. The van der Waals surface area contributed by atoms with Gasteiger partial charge >= 0.3 is 0 Å². The Balaban J connectivity index is 1.63. The molecule has 1 aliphatic rings. The van der Waals surface area contributed by atoms with Gasteiger partial charge in [-0.1, -0.05) is 66.7 Å². The van der Waals surface area contributed by atoms with E-state index < -0.39 is 0 Å². The van der Waals surface area contributed by atoms with Crippen molar-refractivity contribution in [3.8, 4) is 5.75 Å². The van der Waals surface area contributed by atoms with Crippen LogP contribution in [0.5, 0.6) is 5.75 Å². The summed E-state index contributed by atoms with van der Waals surface area (Å²) >= 11 is 0. The second kappa shape index (κ2) is 6.34. The molecule has 4 nitrogen and oxygen atoms in total. The van der Waals surface area contributed by atoms with Gasteiger partial charge in [0.05, 0.1) is 12.1 Å². The highest BCUT2D eigenvalue weighted by Gasteiger charge is 2.32. The summed E-state index contributed by atoms with van der Waals surface area (Å²) in [5.74, 6) is 0.0160. The van der Waals surface area contributed by atoms with Crippen LogP contribution in [0.3, 0.4) is 0 Å². The summed E-state index contributed by atoms with van der Waals surface area (Å²) in [6.07, 6.45) is 0. The van der Waals surface area contributed by atoms with E-state index >= 15 is 0 Å². The molecular formula is C21H15NO3. The highest BCUT2D eigenvalue weighted by Crippen LogP contribution is 2.32. The molecule has 0 aliphatic heterocycles. The third-order valence-corrected chi connectivity index (χ3v) is 4.22. The quantitative estimate of drug-likeness (QED) is 0.582. The van der Waals surface area contributed by atoms with Crippen molar-refractivity contribution in [3.05, 3.63) is 101 Å². The average molecular weight is 329 g/mol. The highest BCUT2D eigenvalue weighted by molar-refractivity contribution is 6.29. The first kappa shape index (κ1) is 15.3. The van der Waals surface area contributed by atoms with E-state index in [1.807, 2.05) is 30.3 Å². The van der Waals surface area contributed by atoms with Crippen molar-refractivity contribution < 1.29 is 14.4 Å². The van der Waals surface area contributed by atoms with Gasteiger partial charge in [0, 0.05) is 16.7 Å². The number of benzene rings is 3. The Morgan fingerprint density at radius 3 is 2.08 bits per heavy atom. The molecule has 0 unspecified atom stereocenters. The van der Waals surface area contributed by atoms with Gasteiger partial charge in [0.1, 0.15) is 0 Å². The van der Waals surface area contributed by atoms with Crippen LogP contribution >= 0.6 is 0 Å². The lowest BCUT2D eigenvalue weighted by Crippen LogP contribution is -2.24. The number of rotatable bonds is 4. The fourth-order valence-electron chi connectivity index (χ4n) is 2.99. The Labute approximate surface area is 145 Å². The van der Waals surface area contributed by atoms with Gasteiger partial charge in [-0.3, -0.25) is 9.59 Å². The molecule has 0 heterocycles. The van der Waals surface area contributed by atoms with Crippen molar-refractivity contribution in [2.45, 2.75) is 6.54 Å². The molecule has 122 valence electrons. The molecule has 25 heavy (non-hydrogen) atoms. The molecule has 0 atom stereocenters. The Morgan fingerprint density at radius 2 is 1.32 bits per heavy atom. The largest absolute Gasteiger partial charge is 0.408 e. The first-order valence-corrected chi connectivity index (χ1v) is 8.01. The molecule has 3 aromatic rings. The second-order valence-corrected chi connectivity index (χ2v) is 5.79. The summed E-state index contributed by atoms with van der Waals surface area (Å²) < 4.78 is 0. The maximum absolute atomic E-state index is 12.8. The second-order valence-electron chi connectivity index (χ2n) is 5.79. The molecule has 0 spiro atoms. The lowest BCUT2D eigenvalue weighted by Gasteiger charge is -2.20. The van der Waals surface area contributed by atoms with Crippen molar-refractivity contribution in [2.75, 3.05) is 0 Å². The van der Waals surface area contributed by atoms with Gasteiger partial charge in [0.15, 0.2) is 17.3 Å². The van der Waals surface area contributed by atoms with Crippen molar-refractivity contribution in [2.24, 2.45) is 0 Å². The van der Waals surface area contributed by atoms with Crippen molar-refractivity contribution >= 4 is 11.6 Å². The topological polar surface area (TPSA) is 55.4 Å². The first-order valence-electron chi connectivity index (χ1n) is 8.01. The van der Waals surface area contributed by atoms with Gasteiger partial charge in [-0.05, 0) is 11.6 Å². The number of hydrogen-bond donors (Lipinski definition) is 1. The van der Waals surface area contributed by atoms with Gasteiger partial charge < -0.3 is 4.84 Å². The molecule has 3 aromatic carbocycles. The molecule has 4 heteroatoms. The lowest BCUT2D eigenvalue weighted by atomic mass is 9.84. The molecule has 0 amide bonds. The molecule has 0 radical (unpaired) electrons. The van der Waals surface area contributed by atoms with Crippen LogP contribution in [0.25, 0.3) is 0 Å². The average Bonchev–Trinajstić information content (AvgIpc) is 2.67. The Kier molecular flexibility index (Phi) is 3.88. The minimum absolute atomic E-state index is 0.154. The van der Waals surface area contributed by atoms with Gasteiger partial charge in [-0.15, -0.1) is 0 Å². The van der Waals surface area contributed by atoms with Crippen LogP contribution in [-0.4, -0.2) is 11.6 Å². The summed E-state index contributed by atoms with van der Waals surface area (Å²) in [5, 5.41) is 0. The van der Waals surface area contributed by atoms with Gasteiger partial charge in [-0.2, -0.15) is 5.48 Å². The number of hydrogen-bond acceptors (Lipinski definition) is 4. The SMILES string of the molecule is O=C1c2ccccc2C(=O)c2c(ONCc3ccccc3)cccc21. The standard InChI is InChI=1S/C21H15NO3/c23-20-15-9-4-5-10-16(15)21(24)19-17(20)11-6-12-18(19)25-22-13-14-7-2-1-3-8-14/h1-12,22H,13H2. The van der Waals surface area contributed by atoms with E-state index in [0.717, 1.165) is 5.56 Å². The molecule has 0 saturated carbocycles. The Hall–Kier alpha value is -3.24. The molecule has 0 fully saturated rings. The van der Waals surface area contributed by atoms with Crippen LogP contribution in [0.4, 0.5) is 0 Å². The summed E-state index contributed by atoms with van der Waals surface area (Å²) in [7, 11) is 0. The number of nitrogens with one attached hydrogen (secondary N) is 1. The molecule has 0 saturated heterocycles. The fraction of sp³-hybridized carbons (Fsp3) is 0.0476. The number of hydroxylamine groups is 1. The Morgan fingerprint density at radius 1 is 0.680 bits per heavy atom. The van der Waals surface area contributed by atoms with Crippen LogP contribution < -0.4 is 10.3 Å². The monoisotopic (exact) mass is 329 g/mol. The van der Waals surface area contributed by atoms with E-state index in [2.05, 4.69) is 5.48 Å². The summed E-state index contributed by atoms with van der Waals surface area (Å²) in [6.45, 7) is 0.489. The van der Waals surface area contributed by atoms with Crippen LogP contribution in [0.1, 0.15) is 37.4 Å². The van der Waals surface area contributed by atoms with E-state index in [9.17, 15) is 9.59 Å².